The van der Waals surface area contributed by atoms with Gasteiger partial charge in [-0.05, 0) is 38.2 Å². The SMILES string of the molecule is Cc1cccc(C(C)(C)CNC(=O)N2CCC(OCC3CCCO3)CC2)c1. The van der Waals surface area contributed by atoms with Crippen molar-refractivity contribution in [2.75, 3.05) is 32.8 Å². The molecular formula is C22H34N2O3. The highest BCUT2D eigenvalue weighted by molar-refractivity contribution is 5.74. The summed E-state index contributed by atoms with van der Waals surface area (Å²) in [4.78, 5) is 14.5. The van der Waals surface area contributed by atoms with E-state index in [0.29, 0.717) is 13.2 Å². The summed E-state index contributed by atoms with van der Waals surface area (Å²) in [5.74, 6) is 0. The van der Waals surface area contributed by atoms with E-state index >= 15 is 0 Å². The zero-order valence-corrected chi connectivity index (χ0v) is 17.0. The summed E-state index contributed by atoms with van der Waals surface area (Å²) >= 11 is 0. The topological polar surface area (TPSA) is 50.8 Å². The van der Waals surface area contributed by atoms with Crippen LogP contribution in [0.4, 0.5) is 4.79 Å². The third-order valence-corrected chi connectivity index (χ3v) is 5.75. The van der Waals surface area contributed by atoms with Gasteiger partial charge in [-0.1, -0.05) is 43.7 Å². The van der Waals surface area contributed by atoms with Gasteiger partial charge in [-0.25, -0.2) is 4.79 Å². The molecule has 0 saturated carbocycles. The Labute approximate surface area is 163 Å². The van der Waals surface area contributed by atoms with Gasteiger partial charge in [0.2, 0.25) is 0 Å². The first kappa shape index (κ1) is 20.2. The number of piperidine rings is 1. The zero-order chi connectivity index (χ0) is 19.3. The minimum atomic E-state index is -0.0929. The molecule has 2 aliphatic heterocycles. The summed E-state index contributed by atoms with van der Waals surface area (Å²) in [5, 5.41) is 3.13. The van der Waals surface area contributed by atoms with E-state index in [1.807, 2.05) is 4.90 Å². The fourth-order valence-electron chi connectivity index (χ4n) is 3.82. The third-order valence-electron chi connectivity index (χ3n) is 5.75. The van der Waals surface area contributed by atoms with Crippen molar-refractivity contribution in [3.63, 3.8) is 0 Å². The normalized spacial score (nSPS) is 21.4. The van der Waals surface area contributed by atoms with Crippen molar-refractivity contribution in [1.29, 1.82) is 0 Å². The number of urea groups is 1. The van der Waals surface area contributed by atoms with Crippen molar-refractivity contribution in [2.45, 2.75) is 64.1 Å². The first-order valence-electron chi connectivity index (χ1n) is 10.3. The highest BCUT2D eigenvalue weighted by atomic mass is 16.5. The molecule has 2 aliphatic rings. The molecule has 1 unspecified atom stereocenters. The van der Waals surface area contributed by atoms with Gasteiger partial charge in [0.15, 0.2) is 0 Å². The number of ether oxygens (including phenoxy) is 2. The van der Waals surface area contributed by atoms with E-state index in [1.165, 1.54) is 11.1 Å². The summed E-state index contributed by atoms with van der Waals surface area (Å²) in [6.07, 6.45) is 4.59. The number of nitrogens with one attached hydrogen (secondary N) is 1. The Morgan fingerprint density at radius 1 is 1.30 bits per heavy atom. The molecule has 0 aliphatic carbocycles. The van der Waals surface area contributed by atoms with Crippen LogP contribution in [0.1, 0.15) is 50.7 Å². The molecule has 27 heavy (non-hydrogen) atoms. The monoisotopic (exact) mass is 374 g/mol. The van der Waals surface area contributed by atoms with Crippen LogP contribution in [0, 0.1) is 6.92 Å². The van der Waals surface area contributed by atoms with Crippen LogP contribution in [0.2, 0.25) is 0 Å². The molecule has 0 radical (unpaired) electrons. The lowest BCUT2D eigenvalue weighted by molar-refractivity contribution is -0.0381. The van der Waals surface area contributed by atoms with Gasteiger partial charge in [-0.3, -0.25) is 0 Å². The van der Waals surface area contributed by atoms with Crippen LogP contribution in [-0.4, -0.2) is 56.0 Å². The second kappa shape index (κ2) is 9.07. The van der Waals surface area contributed by atoms with Gasteiger partial charge in [-0.15, -0.1) is 0 Å². The van der Waals surface area contributed by atoms with E-state index in [2.05, 4.69) is 50.4 Å². The molecule has 0 spiro atoms. The Morgan fingerprint density at radius 3 is 2.74 bits per heavy atom. The predicted octanol–water partition coefficient (Wildman–Crippen LogP) is 3.64. The second-order valence-corrected chi connectivity index (χ2v) is 8.57. The predicted molar refractivity (Wildman–Crippen MR) is 107 cm³/mol. The summed E-state index contributed by atoms with van der Waals surface area (Å²) in [5.41, 5.74) is 2.41. The maximum absolute atomic E-state index is 12.6. The van der Waals surface area contributed by atoms with Crippen LogP contribution in [0.15, 0.2) is 24.3 Å². The second-order valence-electron chi connectivity index (χ2n) is 8.57. The van der Waals surface area contributed by atoms with Gasteiger partial charge < -0.3 is 19.7 Å². The third kappa shape index (κ3) is 5.69. The average Bonchev–Trinajstić information content (AvgIpc) is 3.18. The van der Waals surface area contributed by atoms with Crippen molar-refractivity contribution in [2.24, 2.45) is 0 Å². The lowest BCUT2D eigenvalue weighted by Crippen LogP contribution is -2.48. The summed E-state index contributed by atoms with van der Waals surface area (Å²) < 4.78 is 11.6. The Morgan fingerprint density at radius 2 is 2.07 bits per heavy atom. The van der Waals surface area contributed by atoms with E-state index < -0.39 is 0 Å². The van der Waals surface area contributed by atoms with E-state index in [0.717, 1.165) is 45.4 Å². The van der Waals surface area contributed by atoms with Crippen LogP contribution in [-0.2, 0) is 14.9 Å². The fourth-order valence-corrected chi connectivity index (χ4v) is 3.82. The van der Waals surface area contributed by atoms with Crippen molar-refractivity contribution in [3.8, 4) is 0 Å². The minimum absolute atomic E-state index is 0.0355. The van der Waals surface area contributed by atoms with Crippen LogP contribution < -0.4 is 5.32 Å². The average molecular weight is 375 g/mol. The molecule has 2 fully saturated rings. The fraction of sp³-hybridized carbons (Fsp3) is 0.682. The van der Waals surface area contributed by atoms with Crippen molar-refractivity contribution in [1.82, 2.24) is 10.2 Å². The Bertz CT molecular complexity index is 618. The van der Waals surface area contributed by atoms with Crippen molar-refractivity contribution < 1.29 is 14.3 Å². The number of rotatable bonds is 6. The molecule has 150 valence electrons. The molecule has 1 aromatic carbocycles. The molecule has 0 bridgehead atoms. The molecular weight excluding hydrogens is 340 g/mol. The number of likely N-dealkylation sites (tertiary alicyclic amines) is 1. The molecule has 1 N–H and O–H groups in total. The van der Waals surface area contributed by atoms with Gasteiger partial charge in [0.05, 0.1) is 18.8 Å². The van der Waals surface area contributed by atoms with Gasteiger partial charge >= 0.3 is 6.03 Å². The van der Waals surface area contributed by atoms with Gasteiger partial charge in [0, 0.05) is 31.7 Å². The number of carbonyl (C=O) groups excluding carboxylic acids is 1. The van der Waals surface area contributed by atoms with Crippen LogP contribution in [0.3, 0.4) is 0 Å². The van der Waals surface area contributed by atoms with Gasteiger partial charge in [0.1, 0.15) is 0 Å². The van der Waals surface area contributed by atoms with Crippen LogP contribution >= 0.6 is 0 Å². The van der Waals surface area contributed by atoms with Crippen LogP contribution in [0.25, 0.3) is 0 Å². The van der Waals surface area contributed by atoms with Gasteiger partial charge in [0.25, 0.3) is 0 Å². The first-order chi connectivity index (χ1) is 12.9. The molecule has 1 aromatic rings. The number of nitrogens with zero attached hydrogens (tertiary/aromatic N) is 1. The molecule has 1 atom stereocenters. The number of hydrogen-bond donors (Lipinski definition) is 1. The molecule has 2 heterocycles. The lowest BCUT2D eigenvalue weighted by atomic mass is 9.84. The number of carbonyl (C=O) groups is 1. The zero-order valence-electron chi connectivity index (χ0n) is 17.0. The Balaban J connectivity index is 1.40. The highest BCUT2D eigenvalue weighted by Crippen LogP contribution is 2.23. The Hall–Kier alpha value is -1.59. The van der Waals surface area contributed by atoms with Gasteiger partial charge in [-0.2, -0.15) is 0 Å². The summed E-state index contributed by atoms with van der Waals surface area (Å²) in [6.45, 7) is 10.2. The number of hydrogen-bond acceptors (Lipinski definition) is 3. The first-order valence-corrected chi connectivity index (χ1v) is 10.3. The van der Waals surface area contributed by atoms with Crippen molar-refractivity contribution in [3.05, 3.63) is 35.4 Å². The molecule has 0 aromatic heterocycles. The number of benzene rings is 1. The van der Waals surface area contributed by atoms with E-state index in [1.54, 1.807) is 0 Å². The summed E-state index contributed by atoms with van der Waals surface area (Å²) in [6, 6.07) is 8.55. The number of amides is 2. The minimum Gasteiger partial charge on any atom is -0.376 e. The maximum Gasteiger partial charge on any atom is 0.317 e. The van der Waals surface area contributed by atoms with Crippen LogP contribution in [0.5, 0.6) is 0 Å². The summed E-state index contributed by atoms with van der Waals surface area (Å²) in [7, 11) is 0. The van der Waals surface area contributed by atoms with E-state index in [-0.39, 0.29) is 23.7 Å². The molecule has 5 nitrogen and oxygen atoms in total. The quantitative estimate of drug-likeness (QED) is 0.827. The Kier molecular flexibility index (Phi) is 6.77. The standard InChI is InChI=1S/C22H34N2O3/c1-17-6-4-7-18(14-17)22(2,3)16-23-21(25)24-11-9-19(10-12-24)27-15-20-8-5-13-26-20/h4,6-7,14,19-20H,5,8-13,15-16H2,1-3H3,(H,23,25). The number of aryl methyl sites for hydroxylation is 1. The van der Waals surface area contributed by atoms with E-state index in [4.69, 9.17) is 9.47 Å². The van der Waals surface area contributed by atoms with E-state index in [9.17, 15) is 4.79 Å². The molecule has 5 heteroatoms. The van der Waals surface area contributed by atoms with Crippen molar-refractivity contribution >= 4 is 6.03 Å². The largest absolute Gasteiger partial charge is 0.376 e. The lowest BCUT2D eigenvalue weighted by Gasteiger charge is -2.34. The molecule has 3 rings (SSSR count). The molecule has 2 amide bonds. The maximum atomic E-state index is 12.6. The smallest absolute Gasteiger partial charge is 0.317 e. The molecule has 2 saturated heterocycles. The highest BCUT2D eigenvalue weighted by Gasteiger charge is 2.27.